The second kappa shape index (κ2) is 6.97. The minimum absolute atomic E-state index is 0.0562. The van der Waals surface area contributed by atoms with E-state index >= 15 is 0 Å². The van der Waals surface area contributed by atoms with Crippen molar-refractivity contribution in [1.29, 1.82) is 0 Å². The number of hydrogen-bond donors (Lipinski definition) is 0. The van der Waals surface area contributed by atoms with Crippen LogP contribution in [0.1, 0.15) is 15.9 Å². The number of methoxy groups -OCH3 is 1. The SMILES string of the molecule is COc1ccc2c(c1)CCN(c1ccc(OS(=O)(=O)C(F)(F)F)c(F)c1)C2=O. The van der Waals surface area contributed by atoms with Crippen molar-refractivity contribution in [2.45, 2.75) is 11.9 Å². The molecule has 3 rings (SSSR count). The van der Waals surface area contributed by atoms with Gasteiger partial charge in [-0.1, -0.05) is 0 Å². The van der Waals surface area contributed by atoms with E-state index < -0.39 is 33.1 Å². The summed E-state index contributed by atoms with van der Waals surface area (Å²) in [6.45, 7) is 0.194. The van der Waals surface area contributed by atoms with E-state index in [-0.39, 0.29) is 12.2 Å². The first-order chi connectivity index (χ1) is 13.0. The molecule has 0 aliphatic carbocycles. The Morgan fingerprint density at radius 2 is 1.82 bits per heavy atom. The van der Waals surface area contributed by atoms with Crippen molar-refractivity contribution in [2.75, 3.05) is 18.6 Å². The lowest BCUT2D eigenvalue weighted by Gasteiger charge is -2.29. The zero-order valence-corrected chi connectivity index (χ0v) is 15.1. The lowest BCUT2D eigenvalue weighted by atomic mass is 9.98. The number of carbonyl (C=O) groups excluding carboxylic acids is 1. The van der Waals surface area contributed by atoms with Crippen LogP contribution in [0.25, 0.3) is 0 Å². The van der Waals surface area contributed by atoms with Gasteiger partial charge in [0.05, 0.1) is 7.11 Å². The fraction of sp³-hybridized carbons (Fsp3) is 0.235. The average molecular weight is 419 g/mol. The minimum atomic E-state index is -6.00. The number of ether oxygens (including phenoxy) is 1. The summed E-state index contributed by atoms with van der Waals surface area (Å²) < 4.78 is 82.2. The largest absolute Gasteiger partial charge is 0.534 e. The minimum Gasteiger partial charge on any atom is -0.497 e. The Labute approximate surface area is 157 Å². The van der Waals surface area contributed by atoms with Crippen molar-refractivity contribution in [1.82, 2.24) is 0 Å². The van der Waals surface area contributed by atoms with Crippen molar-refractivity contribution in [3.63, 3.8) is 0 Å². The number of halogens is 4. The van der Waals surface area contributed by atoms with Crippen molar-refractivity contribution in [3.8, 4) is 11.5 Å². The topological polar surface area (TPSA) is 72.9 Å². The molecule has 11 heteroatoms. The summed E-state index contributed by atoms with van der Waals surface area (Å²) in [5.74, 6) is -2.31. The summed E-state index contributed by atoms with van der Waals surface area (Å²) in [5.41, 5.74) is -4.50. The Morgan fingerprint density at radius 3 is 2.43 bits per heavy atom. The van der Waals surface area contributed by atoms with Crippen LogP contribution >= 0.6 is 0 Å². The molecule has 0 saturated carbocycles. The molecule has 28 heavy (non-hydrogen) atoms. The maximum atomic E-state index is 14.1. The molecule has 0 N–H and O–H groups in total. The predicted octanol–water partition coefficient (Wildman–Crippen LogP) is 3.27. The lowest BCUT2D eigenvalue weighted by molar-refractivity contribution is -0.0500. The van der Waals surface area contributed by atoms with Crippen molar-refractivity contribution >= 4 is 21.7 Å². The fourth-order valence-corrected chi connectivity index (χ4v) is 3.19. The molecule has 2 aromatic carbocycles. The molecule has 0 aromatic heterocycles. The van der Waals surface area contributed by atoms with Gasteiger partial charge in [0.1, 0.15) is 5.75 Å². The lowest BCUT2D eigenvalue weighted by Crippen LogP contribution is -2.37. The van der Waals surface area contributed by atoms with Crippen molar-refractivity contribution < 1.29 is 39.7 Å². The Hall–Kier alpha value is -2.82. The molecule has 0 spiro atoms. The van der Waals surface area contributed by atoms with E-state index in [1.165, 1.54) is 12.0 Å². The molecular formula is C17H13F4NO5S. The van der Waals surface area contributed by atoms with E-state index in [1.54, 1.807) is 18.2 Å². The van der Waals surface area contributed by atoms with Crippen LogP contribution in [0.3, 0.4) is 0 Å². The Balaban J connectivity index is 1.87. The number of fused-ring (bicyclic) bond motifs is 1. The molecule has 0 radical (unpaired) electrons. The second-order valence-corrected chi connectivity index (χ2v) is 7.37. The van der Waals surface area contributed by atoms with Crippen molar-refractivity contribution in [2.24, 2.45) is 0 Å². The Kier molecular flexibility index (Phi) is 4.96. The molecule has 6 nitrogen and oxygen atoms in total. The van der Waals surface area contributed by atoms with Crippen LogP contribution in [0.2, 0.25) is 0 Å². The summed E-state index contributed by atoms with van der Waals surface area (Å²) in [5, 5.41) is 0. The molecule has 2 aromatic rings. The van der Waals surface area contributed by atoms with E-state index in [1.807, 2.05) is 0 Å². The normalized spacial score (nSPS) is 14.6. The maximum Gasteiger partial charge on any atom is 0.534 e. The molecule has 1 aliphatic rings. The van der Waals surface area contributed by atoms with Crippen LogP contribution in [0.4, 0.5) is 23.2 Å². The van der Waals surface area contributed by atoms with E-state index in [9.17, 15) is 30.8 Å². The highest BCUT2D eigenvalue weighted by Gasteiger charge is 2.49. The van der Waals surface area contributed by atoms with Gasteiger partial charge in [0.15, 0.2) is 11.6 Å². The quantitative estimate of drug-likeness (QED) is 0.432. The van der Waals surface area contributed by atoms with E-state index in [0.29, 0.717) is 17.7 Å². The summed E-state index contributed by atoms with van der Waals surface area (Å²) in [6, 6.07) is 7.45. The Morgan fingerprint density at radius 1 is 1.11 bits per heavy atom. The van der Waals surface area contributed by atoms with Gasteiger partial charge in [-0.05, 0) is 42.3 Å². The van der Waals surface area contributed by atoms with Gasteiger partial charge >= 0.3 is 15.6 Å². The first-order valence-electron chi connectivity index (χ1n) is 7.82. The Bertz CT molecular complexity index is 1040. The van der Waals surface area contributed by atoms with E-state index in [4.69, 9.17) is 4.74 Å². The third-order valence-corrected chi connectivity index (χ3v) is 5.07. The summed E-state index contributed by atoms with van der Waals surface area (Å²) >= 11 is 0. The highest BCUT2D eigenvalue weighted by molar-refractivity contribution is 7.88. The van der Waals surface area contributed by atoms with Gasteiger partial charge in [-0.15, -0.1) is 0 Å². The van der Waals surface area contributed by atoms with Crippen LogP contribution in [0.5, 0.6) is 11.5 Å². The van der Waals surface area contributed by atoms with Crippen LogP contribution in [0, 0.1) is 5.82 Å². The van der Waals surface area contributed by atoms with Gasteiger partial charge in [-0.3, -0.25) is 4.79 Å². The first kappa shape index (κ1) is 19.9. The molecule has 0 fully saturated rings. The first-order valence-corrected chi connectivity index (χ1v) is 9.23. The maximum absolute atomic E-state index is 14.1. The van der Waals surface area contributed by atoms with E-state index in [0.717, 1.165) is 23.8 Å². The van der Waals surface area contributed by atoms with Gasteiger partial charge in [-0.25, -0.2) is 4.39 Å². The molecule has 150 valence electrons. The van der Waals surface area contributed by atoms with Gasteiger partial charge in [0.2, 0.25) is 0 Å². The number of rotatable bonds is 4. The van der Waals surface area contributed by atoms with Crippen LogP contribution < -0.4 is 13.8 Å². The standard InChI is InChI=1S/C17H13F4NO5S/c1-26-12-3-4-13-10(8-12)6-7-22(16(13)23)11-2-5-15(14(18)9-11)27-28(24,25)17(19,20)21/h2-5,8-9H,6-7H2,1H3. The summed E-state index contributed by atoms with van der Waals surface area (Å²) in [6.07, 6.45) is 0.445. The number of amides is 1. The monoisotopic (exact) mass is 419 g/mol. The predicted molar refractivity (Wildman–Crippen MR) is 90.4 cm³/mol. The zero-order chi connectivity index (χ0) is 20.7. The molecule has 0 bridgehead atoms. The van der Waals surface area contributed by atoms with Gasteiger partial charge in [0, 0.05) is 23.9 Å². The third kappa shape index (κ3) is 3.61. The third-order valence-electron chi connectivity index (χ3n) is 4.10. The van der Waals surface area contributed by atoms with Crippen molar-refractivity contribution in [3.05, 3.63) is 53.3 Å². The summed E-state index contributed by atoms with van der Waals surface area (Å²) in [7, 11) is -4.51. The van der Waals surface area contributed by atoms with Gasteiger partial charge in [-0.2, -0.15) is 21.6 Å². The number of carbonyl (C=O) groups is 1. The number of alkyl halides is 3. The zero-order valence-electron chi connectivity index (χ0n) is 14.3. The molecular weight excluding hydrogens is 406 g/mol. The van der Waals surface area contributed by atoms with Gasteiger partial charge < -0.3 is 13.8 Å². The summed E-state index contributed by atoms with van der Waals surface area (Å²) in [4.78, 5) is 13.9. The molecule has 0 atom stereocenters. The smallest absolute Gasteiger partial charge is 0.497 e. The molecule has 1 amide bonds. The molecule has 1 aliphatic heterocycles. The highest BCUT2D eigenvalue weighted by Crippen LogP contribution is 2.32. The number of hydrogen-bond acceptors (Lipinski definition) is 5. The van der Waals surface area contributed by atoms with Gasteiger partial charge in [0.25, 0.3) is 5.91 Å². The highest BCUT2D eigenvalue weighted by atomic mass is 32.2. The number of nitrogens with zero attached hydrogens (tertiary/aromatic N) is 1. The molecule has 0 saturated heterocycles. The van der Waals surface area contributed by atoms with Crippen LogP contribution in [0.15, 0.2) is 36.4 Å². The number of anilines is 1. The fourth-order valence-electron chi connectivity index (χ4n) is 2.73. The average Bonchev–Trinajstić information content (AvgIpc) is 2.62. The van der Waals surface area contributed by atoms with Crippen LogP contribution in [-0.2, 0) is 16.5 Å². The molecule has 0 unspecified atom stereocenters. The number of benzene rings is 2. The molecule has 1 heterocycles. The van der Waals surface area contributed by atoms with E-state index in [2.05, 4.69) is 4.18 Å². The van der Waals surface area contributed by atoms with Crippen LogP contribution in [-0.4, -0.2) is 33.5 Å². The second-order valence-electron chi connectivity index (χ2n) is 5.83.